The summed E-state index contributed by atoms with van der Waals surface area (Å²) in [6.45, 7) is 10.4. The van der Waals surface area contributed by atoms with Gasteiger partial charge in [0.1, 0.15) is 48.8 Å². The lowest BCUT2D eigenvalue weighted by Crippen LogP contribution is -2.66. The zero-order valence-corrected chi connectivity index (χ0v) is 31.3. The fourth-order valence-corrected chi connectivity index (χ4v) is 12.5. The molecule has 20 atom stereocenters. The van der Waals surface area contributed by atoms with Crippen LogP contribution in [0.25, 0.3) is 0 Å². The highest BCUT2D eigenvalue weighted by molar-refractivity contribution is 5.29. The quantitative estimate of drug-likeness (QED) is 0.136. The lowest BCUT2D eigenvalue weighted by atomic mass is 9.39. The van der Waals surface area contributed by atoms with Gasteiger partial charge in [0.2, 0.25) is 0 Å². The predicted molar refractivity (Wildman–Crippen MR) is 185 cm³/mol. The molecule has 2 heterocycles. The maximum atomic E-state index is 12.1. The summed E-state index contributed by atoms with van der Waals surface area (Å²) in [5, 5.41) is 96.1. The summed E-state index contributed by atoms with van der Waals surface area (Å²) in [5.41, 5.74) is 1.42. The van der Waals surface area contributed by atoms with Gasteiger partial charge in [0.05, 0.1) is 31.5 Å². The lowest BCUT2D eigenvalue weighted by Gasteiger charge is -2.67. The van der Waals surface area contributed by atoms with Crippen molar-refractivity contribution in [2.45, 2.75) is 172 Å². The number of hydrogen-bond donors (Lipinski definition) is 9. The van der Waals surface area contributed by atoms with Gasteiger partial charge in [0.25, 0.3) is 0 Å². The van der Waals surface area contributed by atoms with E-state index >= 15 is 0 Å². The van der Waals surface area contributed by atoms with Crippen molar-refractivity contribution in [3.8, 4) is 0 Å². The number of aliphatic hydroxyl groups excluding tert-OH is 9. The fourth-order valence-electron chi connectivity index (χ4n) is 12.5. The number of fused-ring (bicyclic) bond motifs is 7. The Kier molecular flexibility index (Phi) is 10.6. The Morgan fingerprint density at radius 2 is 1.25 bits per heavy atom. The average molecular weight is 741 g/mol. The molecular weight excluding hydrogens is 676 g/mol. The normalized spacial score (nSPS) is 56.0. The number of aliphatic hydroxyl groups is 9. The van der Waals surface area contributed by atoms with E-state index in [2.05, 4.69) is 40.7 Å². The van der Waals surface area contributed by atoms with Crippen molar-refractivity contribution >= 4 is 0 Å². The molecule has 5 aliphatic carbocycles. The van der Waals surface area contributed by atoms with E-state index in [0.717, 1.165) is 51.4 Å². The molecule has 0 aromatic rings. The molecule has 9 N–H and O–H groups in total. The minimum absolute atomic E-state index is 0.0576. The van der Waals surface area contributed by atoms with Crippen LogP contribution in [0.3, 0.4) is 0 Å². The Hall–Kier alpha value is -0.780. The van der Waals surface area contributed by atoms with E-state index in [-0.39, 0.29) is 33.7 Å². The van der Waals surface area contributed by atoms with Gasteiger partial charge in [0, 0.05) is 5.41 Å². The van der Waals surface area contributed by atoms with Crippen LogP contribution in [0.5, 0.6) is 0 Å². The zero-order valence-electron chi connectivity index (χ0n) is 31.3. The summed E-state index contributed by atoms with van der Waals surface area (Å²) in [7, 11) is 0. The van der Waals surface area contributed by atoms with Crippen molar-refractivity contribution in [1.29, 1.82) is 0 Å². The summed E-state index contributed by atoms with van der Waals surface area (Å²) in [5.74, 6) is 1.07. The summed E-state index contributed by atoms with van der Waals surface area (Å²) >= 11 is 0. The first-order valence-corrected chi connectivity index (χ1v) is 19.7. The second-order valence-electron chi connectivity index (χ2n) is 19.1. The van der Waals surface area contributed by atoms with E-state index in [1.165, 1.54) is 0 Å². The standard InChI is InChI=1S/C39H64O13/c1-36(2)14-21-18-6-7-25-37(3,19(18)8-12-39(21,5)26(42)15-36)11-9-20-27(43)22(10-13-38(20,25)4)49-35-33(31(47)29(45)24(17-41)51-35)52-34-32(48)30(46)28(44)23(16-40)50-34/h6,19-35,40-48H,7-17H2,1-5H3/t19?,20?,21?,22?,23?,24?,25?,26-,27-,28-,29-,30?,31?,32+,33+,34+,35-,37+,38+,39-/m1/s1. The molecule has 7 aliphatic rings. The molecule has 0 radical (unpaired) electrons. The summed E-state index contributed by atoms with van der Waals surface area (Å²) in [6.07, 6.45) is -6.87. The predicted octanol–water partition coefficient (Wildman–Crippen LogP) is 0.733. The fraction of sp³-hybridized carbons (Fsp3) is 0.949. The van der Waals surface area contributed by atoms with Crippen molar-refractivity contribution < 1.29 is 64.9 Å². The maximum absolute atomic E-state index is 12.1. The van der Waals surface area contributed by atoms with Crippen LogP contribution in [0, 0.1) is 45.3 Å². The lowest BCUT2D eigenvalue weighted by molar-refractivity contribution is -0.376. The number of hydrogen-bond acceptors (Lipinski definition) is 13. The van der Waals surface area contributed by atoms with Gasteiger partial charge in [-0.15, -0.1) is 0 Å². The van der Waals surface area contributed by atoms with Crippen LogP contribution in [0.2, 0.25) is 0 Å². The highest BCUT2D eigenvalue weighted by Gasteiger charge is 2.64. The van der Waals surface area contributed by atoms with Crippen LogP contribution in [0.4, 0.5) is 0 Å². The van der Waals surface area contributed by atoms with E-state index in [9.17, 15) is 46.0 Å². The van der Waals surface area contributed by atoms with Crippen molar-refractivity contribution in [3.05, 3.63) is 11.6 Å². The Bertz CT molecular complexity index is 1330. The number of allylic oxidation sites excluding steroid dienone is 2. The Morgan fingerprint density at radius 3 is 1.92 bits per heavy atom. The Morgan fingerprint density at radius 1 is 0.635 bits per heavy atom. The topological polar surface area (TPSA) is 219 Å². The second kappa shape index (κ2) is 14.0. The number of rotatable bonds is 6. The molecule has 0 spiro atoms. The van der Waals surface area contributed by atoms with Gasteiger partial charge in [-0.1, -0.05) is 46.3 Å². The molecular formula is C39H64O13. The van der Waals surface area contributed by atoms with Crippen molar-refractivity contribution in [2.24, 2.45) is 45.3 Å². The van der Waals surface area contributed by atoms with E-state index < -0.39 is 86.8 Å². The van der Waals surface area contributed by atoms with Crippen LogP contribution in [0.1, 0.15) is 92.4 Å². The Balaban J connectivity index is 1.10. The molecule has 52 heavy (non-hydrogen) atoms. The smallest absolute Gasteiger partial charge is 0.187 e. The first-order chi connectivity index (χ1) is 24.4. The van der Waals surface area contributed by atoms with Crippen molar-refractivity contribution in [3.63, 3.8) is 0 Å². The largest absolute Gasteiger partial charge is 0.394 e. The first kappa shape index (κ1) is 39.5. The highest BCUT2D eigenvalue weighted by atomic mass is 16.8. The van der Waals surface area contributed by atoms with Gasteiger partial charge in [-0.05, 0) is 97.7 Å². The summed E-state index contributed by atoms with van der Waals surface area (Å²) in [4.78, 5) is 0. The van der Waals surface area contributed by atoms with Gasteiger partial charge >= 0.3 is 0 Å². The minimum atomic E-state index is -1.77. The molecule has 4 saturated carbocycles. The van der Waals surface area contributed by atoms with Gasteiger partial charge in [-0.25, -0.2) is 0 Å². The molecule has 6 fully saturated rings. The molecule has 0 aromatic carbocycles. The molecule has 2 saturated heterocycles. The van der Waals surface area contributed by atoms with Crippen LogP contribution >= 0.6 is 0 Å². The van der Waals surface area contributed by atoms with Gasteiger partial charge in [-0.3, -0.25) is 0 Å². The average Bonchev–Trinajstić information content (AvgIpc) is 3.09. The second-order valence-corrected chi connectivity index (χ2v) is 19.1. The first-order valence-electron chi connectivity index (χ1n) is 19.7. The zero-order chi connectivity index (χ0) is 37.7. The third-order valence-electron chi connectivity index (χ3n) is 15.7. The maximum Gasteiger partial charge on any atom is 0.187 e. The van der Waals surface area contributed by atoms with Crippen molar-refractivity contribution in [1.82, 2.24) is 0 Å². The monoisotopic (exact) mass is 740 g/mol. The molecule has 2 aliphatic heterocycles. The van der Waals surface area contributed by atoms with Gasteiger partial charge in [-0.2, -0.15) is 0 Å². The van der Waals surface area contributed by atoms with Crippen LogP contribution < -0.4 is 0 Å². The van der Waals surface area contributed by atoms with E-state index in [0.29, 0.717) is 24.2 Å². The van der Waals surface area contributed by atoms with E-state index in [1.807, 2.05) is 0 Å². The van der Waals surface area contributed by atoms with Crippen LogP contribution in [-0.4, -0.2) is 139 Å². The van der Waals surface area contributed by atoms with E-state index in [4.69, 9.17) is 18.9 Å². The highest BCUT2D eigenvalue weighted by Crippen LogP contribution is 2.70. The summed E-state index contributed by atoms with van der Waals surface area (Å²) in [6, 6.07) is 0. The molecule has 0 amide bonds. The third kappa shape index (κ3) is 6.17. The molecule has 7 rings (SSSR count). The molecule has 298 valence electrons. The molecule has 13 heteroatoms. The van der Waals surface area contributed by atoms with Crippen LogP contribution in [-0.2, 0) is 18.9 Å². The van der Waals surface area contributed by atoms with Crippen LogP contribution in [0.15, 0.2) is 11.6 Å². The SMILES string of the molecule is CC1(C)CC2C3=CCC4[C@@](C)(CCC5[C@@H](O)C(O[C@@H]6OC(CO)[C@@H](O)C(O)[C@@H]6O[C@@H]6OC(CO)[C@@H](O)C(O)[C@@H]6O)CC[C@@]54C)C3CC[C@@]2(C)[C@H](O)C1. The van der Waals surface area contributed by atoms with Gasteiger partial charge in [0.15, 0.2) is 12.6 Å². The Labute approximate surface area is 306 Å². The molecule has 0 aromatic heterocycles. The number of ether oxygens (including phenoxy) is 4. The van der Waals surface area contributed by atoms with Gasteiger partial charge < -0.3 is 64.9 Å². The molecule has 13 nitrogen and oxygen atoms in total. The summed E-state index contributed by atoms with van der Waals surface area (Å²) < 4.78 is 23.7. The third-order valence-corrected chi connectivity index (χ3v) is 15.7. The molecule has 9 unspecified atom stereocenters. The van der Waals surface area contributed by atoms with Crippen molar-refractivity contribution in [2.75, 3.05) is 13.2 Å². The minimum Gasteiger partial charge on any atom is -0.394 e. The van der Waals surface area contributed by atoms with E-state index in [1.54, 1.807) is 5.57 Å². The molecule has 0 bridgehead atoms.